The lowest BCUT2D eigenvalue weighted by Crippen LogP contribution is -2.37. The summed E-state index contributed by atoms with van der Waals surface area (Å²) in [6, 6.07) is 6.01. The van der Waals surface area contributed by atoms with E-state index in [4.69, 9.17) is 4.74 Å². The van der Waals surface area contributed by atoms with E-state index in [0.717, 1.165) is 56.5 Å². The third kappa shape index (κ3) is 9.94. The molecule has 0 unspecified atom stereocenters. The molecular weight excluding hydrogens is 391 g/mol. The van der Waals surface area contributed by atoms with E-state index in [1.54, 1.807) is 0 Å². The summed E-state index contributed by atoms with van der Waals surface area (Å²) in [5.41, 5.74) is 2.01. The number of aryl methyl sites for hydroxylation is 1. The van der Waals surface area contributed by atoms with Gasteiger partial charge in [0.1, 0.15) is 0 Å². The van der Waals surface area contributed by atoms with E-state index in [1.807, 2.05) is 32.0 Å². The highest BCUT2D eigenvalue weighted by atomic mass is 127. The first-order valence-corrected chi connectivity index (χ1v) is 7.78. The number of pyridine rings is 1. The van der Waals surface area contributed by atoms with Crippen LogP contribution < -0.4 is 10.6 Å². The molecule has 5 nitrogen and oxygen atoms in total. The summed E-state index contributed by atoms with van der Waals surface area (Å²) < 4.78 is 5.32. The Labute approximate surface area is 151 Å². The maximum atomic E-state index is 5.32. The number of aliphatic imine (C=N–C) groups is 1. The summed E-state index contributed by atoms with van der Waals surface area (Å²) in [5, 5.41) is 6.59. The van der Waals surface area contributed by atoms with Crippen LogP contribution in [0, 0.1) is 6.92 Å². The van der Waals surface area contributed by atoms with Crippen molar-refractivity contribution in [2.24, 2.45) is 4.99 Å². The van der Waals surface area contributed by atoms with E-state index in [9.17, 15) is 0 Å². The Morgan fingerprint density at radius 1 is 1.23 bits per heavy atom. The lowest BCUT2D eigenvalue weighted by Gasteiger charge is -2.11. The molecule has 0 saturated heterocycles. The molecule has 126 valence electrons. The van der Waals surface area contributed by atoms with Gasteiger partial charge in [0.25, 0.3) is 0 Å². The molecule has 0 radical (unpaired) electrons. The maximum absolute atomic E-state index is 5.32. The lowest BCUT2D eigenvalue weighted by molar-refractivity contribution is 0.143. The molecule has 0 aliphatic rings. The Morgan fingerprint density at radius 2 is 2.05 bits per heavy atom. The molecule has 0 atom stereocenters. The average molecular weight is 420 g/mol. The van der Waals surface area contributed by atoms with Crippen LogP contribution in [0.5, 0.6) is 0 Å². The molecule has 1 aromatic heterocycles. The van der Waals surface area contributed by atoms with Gasteiger partial charge in [0, 0.05) is 32.0 Å². The van der Waals surface area contributed by atoms with Gasteiger partial charge in [-0.3, -0.25) is 4.98 Å². The number of ether oxygens (including phenoxy) is 1. The van der Waals surface area contributed by atoms with Crippen molar-refractivity contribution in [3.8, 4) is 0 Å². The molecule has 0 bridgehead atoms. The largest absolute Gasteiger partial charge is 0.382 e. The van der Waals surface area contributed by atoms with E-state index in [2.05, 4.69) is 27.5 Å². The van der Waals surface area contributed by atoms with Gasteiger partial charge in [0.05, 0.1) is 12.2 Å². The first-order chi connectivity index (χ1) is 10.3. The fourth-order valence-corrected chi connectivity index (χ4v) is 1.87. The summed E-state index contributed by atoms with van der Waals surface area (Å²) in [4.78, 5) is 9.02. The second-order valence-electron chi connectivity index (χ2n) is 4.80. The van der Waals surface area contributed by atoms with E-state index in [-0.39, 0.29) is 24.0 Å². The molecule has 0 aliphatic heterocycles. The van der Waals surface area contributed by atoms with Crippen molar-refractivity contribution in [2.45, 2.75) is 40.2 Å². The summed E-state index contributed by atoms with van der Waals surface area (Å²) in [6.45, 7) is 10.1. The lowest BCUT2D eigenvalue weighted by atomic mass is 10.3. The molecule has 22 heavy (non-hydrogen) atoms. The molecule has 6 heteroatoms. The Hall–Kier alpha value is -0.890. The van der Waals surface area contributed by atoms with Crippen LogP contribution in [0.2, 0.25) is 0 Å². The molecule has 0 aliphatic carbocycles. The zero-order valence-corrected chi connectivity index (χ0v) is 16.2. The first-order valence-electron chi connectivity index (χ1n) is 7.78. The second kappa shape index (κ2) is 13.8. The van der Waals surface area contributed by atoms with E-state index in [1.165, 1.54) is 0 Å². The normalized spacial score (nSPS) is 11.0. The highest BCUT2D eigenvalue weighted by Crippen LogP contribution is 1.99. The zero-order valence-electron chi connectivity index (χ0n) is 13.9. The molecule has 0 saturated carbocycles. The van der Waals surface area contributed by atoms with Crippen LogP contribution in [0.15, 0.2) is 23.2 Å². The number of aromatic nitrogens is 1. The molecule has 0 amide bonds. The molecule has 0 aromatic carbocycles. The van der Waals surface area contributed by atoms with Gasteiger partial charge in [0.2, 0.25) is 0 Å². The van der Waals surface area contributed by atoms with Crippen LogP contribution in [0.25, 0.3) is 0 Å². The average Bonchev–Trinajstić information content (AvgIpc) is 2.48. The SMILES string of the molecule is CCNC(=NCc1cccc(C)n1)NCCCCOCC.I. The van der Waals surface area contributed by atoms with Crippen molar-refractivity contribution < 1.29 is 4.74 Å². The Kier molecular flexibility index (Phi) is 13.2. The van der Waals surface area contributed by atoms with E-state index in [0.29, 0.717) is 6.54 Å². The zero-order chi connectivity index (χ0) is 15.3. The van der Waals surface area contributed by atoms with Gasteiger partial charge >= 0.3 is 0 Å². The van der Waals surface area contributed by atoms with Crippen molar-refractivity contribution in [2.75, 3.05) is 26.3 Å². The van der Waals surface area contributed by atoms with Gasteiger partial charge in [-0.25, -0.2) is 4.99 Å². The summed E-state index contributed by atoms with van der Waals surface area (Å²) in [6.07, 6.45) is 2.15. The van der Waals surface area contributed by atoms with Gasteiger partial charge in [0.15, 0.2) is 5.96 Å². The minimum Gasteiger partial charge on any atom is -0.382 e. The first kappa shape index (κ1) is 21.1. The number of nitrogens with one attached hydrogen (secondary N) is 2. The highest BCUT2D eigenvalue weighted by molar-refractivity contribution is 14.0. The van der Waals surface area contributed by atoms with Gasteiger partial charge in [-0.1, -0.05) is 6.07 Å². The number of unbranched alkanes of at least 4 members (excludes halogenated alkanes) is 1. The Bertz CT molecular complexity index is 426. The van der Waals surface area contributed by atoms with Crippen LogP contribution in [0.1, 0.15) is 38.1 Å². The topological polar surface area (TPSA) is 58.5 Å². The van der Waals surface area contributed by atoms with Crippen molar-refractivity contribution >= 4 is 29.9 Å². The fraction of sp³-hybridized carbons (Fsp3) is 0.625. The summed E-state index contributed by atoms with van der Waals surface area (Å²) >= 11 is 0. The molecule has 1 heterocycles. The summed E-state index contributed by atoms with van der Waals surface area (Å²) in [5.74, 6) is 0.845. The van der Waals surface area contributed by atoms with Crippen LogP contribution in [0.4, 0.5) is 0 Å². The third-order valence-corrected chi connectivity index (χ3v) is 2.90. The number of guanidine groups is 1. The monoisotopic (exact) mass is 420 g/mol. The van der Waals surface area contributed by atoms with Crippen molar-refractivity contribution in [1.29, 1.82) is 0 Å². The van der Waals surface area contributed by atoms with Crippen LogP contribution in [-0.2, 0) is 11.3 Å². The van der Waals surface area contributed by atoms with Gasteiger partial charge in [-0.05, 0) is 45.7 Å². The Morgan fingerprint density at radius 3 is 2.73 bits per heavy atom. The number of halogens is 1. The number of hydrogen-bond donors (Lipinski definition) is 2. The fourth-order valence-electron chi connectivity index (χ4n) is 1.87. The van der Waals surface area contributed by atoms with E-state index >= 15 is 0 Å². The van der Waals surface area contributed by atoms with Crippen LogP contribution >= 0.6 is 24.0 Å². The maximum Gasteiger partial charge on any atom is 0.191 e. The minimum atomic E-state index is 0. The number of nitrogens with zero attached hydrogens (tertiary/aromatic N) is 2. The molecule has 1 rings (SSSR count). The Balaban J connectivity index is 0.00000441. The van der Waals surface area contributed by atoms with Crippen LogP contribution in [-0.4, -0.2) is 37.2 Å². The van der Waals surface area contributed by atoms with Gasteiger partial charge < -0.3 is 15.4 Å². The molecular formula is C16H29IN4O. The van der Waals surface area contributed by atoms with Gasteiger partial charge in [-0.2, -0.15) is 0 Å². The van der Waals surface area contributed by atoms with Crippen molar-refractivity contribution in [1.82, 2.24) is 15.6 Å². The summed E-state index contributed by atoms with van der Waals surface area (Å²) in [7, 11) is 0. The quantitative estimate of drug-likeness (QED) is 0.279. The number of hydrogen-bond acceptors (Lipinski definition) is 3. The van der Waals surface area contributed by atoms with Crippen LogP contribution in [0.3, 0.4) is 0 Å². The van der Waals surface area contributed by atoms with Crippen molar-refractivity contribution in [3.05, 3.63) is 29.6 Å². The standard InChI is InChI=1S/C16H28N4O.HI/c1-4-17-16(18-11-6-7-12-21-5-2)19-13-15-10-8-9-14(3)20-15;/h8-10H,4-7,11-13H2,1-3H3,(H2,17,18,19);1H. The van der Waals surface area contributed by atoms with E-state index < -0.39 is 0 Å². The smallest absolute Gasteiger partial charge is 0.191 e. The van der Waals surface area contributed by atoms with Crippen molar-refractivity contribution in [3.63, 3.8) is 0 Å². The molecule has 2 N–H and O–H groups in total. The molecule has 0 fully saturated rings. The minimum absolute atomic E-state index is 0. The predicted octanol–water partition coefficient (Wildman–Crippen LogP) is 2.88. The second-order valence-corrected chi connectivity index (χ2v) is 4.80. The molecule has 1 aromatic rings. The number of rotatable bonds is 9. The van der Waals surface area contributed by atoms with Gasteiger partial charge in [-0.15, -0.1) is 24.0 Å². The molecule has 0 spiro atoms. The third-order valence-electron chi connectivity index (χ3n) is 2.90. The highest BCUT2D eigenvalue weighted by Gasteiger charge is 1.98. The predicted molar refractivity (Wildman–Crippen MR) is 103 cm³/mol.